The zero-order valence-electron chi connectivity index (χ0n) is 13.3. The van der Waals surface area contributed by atoms with Gasteiger partial charge in [-0.05, 0) is 39.0 Å². The number of nitrogens with two attached hydrogens (primary N) is 1. The van der Waals surface area contributed by atoms with E-state index in [1.807, 2.05) is 20.8 Å². The van der Waals surface area contributed by atoms with Gasteiger partial charge in [0.25, 0.3) is 5.91 Å². The first-order valence-corrected chi connectivity index (χ1v) is 7.39. The van der Waals surface area contributed by atoms with Crippen molar-refractivity contribution in [2.24, 2.45) is 0 Å². The van der Waals surface area contributed by atoms with Crippen LogP contribution in [-0.2, 0) is 4.74 Å². The Hall–Kier alpha value is -2.24. The molecule has 0 spiro atoms. The standard InChI is InChI=1S/C16H23N3O3/c1-16(2,3)22-15(21)19-9-7-18(8-10-19)14(20)12-5-4-6-13(17)11-12/h4-6,11H,7-10,17H2,1-3H3. The molecular weight excluding hydrogens is 282 g/mol. The number of carbonyl (C=O) groups is 2. The first kappa shape index (κ1) is 16.1. The molecule has 0 aliphatic carbocycles. The average Bonchev–Trinajstić information content (AvgIpc) is 2.45. The lowest BCUT2D eigenvalue weighted by Gasteiger charge is -2.35. The van der Waals surface area contributed by atoms with E-state index >= 15 is 0 Å². The number of piperazine rings is 1. The van der Waals surface area contributed by atoms with Crippen molar-refractivity contribution >= 4 is 17.7 Å². The van der Waals surface area contributed by atoms with Gasteiger partial charge in [0.1, 0.15) is 5.60 Å². The third-order valence-corrected chi connectivity index (χ3v) is 3.35. The van der Waals surface area contributed by atoms with E-state index in [9.17, 15) is 9.59 Å². The second kappa shape index (κ2) is 6.25. The minimum Gasteiger partial charge on any atom is -0.444 e. The number of hydrogen-bond acceptors (Lipinski definition) is 4. The van der Waals surface area contributed by atoms with Gasteiger partial charge < -0.3 is 20.3 Å². The summed E-state index contributed by atoms with van der Waals surface area (Å²) in [5.41, 5.74) is 6.34. The number of nitrogen functional groups attached to an aromatic ring is 1. The lowest BCUT2D eigenvalue weighted by molar-refractivity contribution is 0.0141. The number of ether oxygens (including phenoxy) is 1. The topological polar surface area (TPSA) is 75.9 Å². The van der Waals surface area contributed by atoms with Gasteiger partial charge in [-0.2, -0.15) is 0 Å². The second-order valence-electron chi connectivity index (χ2n) is 6.39. The summed E-state index contributed by atoms with van der Waals surface area (Å²) in [4.78, 5) is 27.7. The van der Waals surface area contributed by atoms with Crippen molar-refractivity contribution in [2.45, 2.75) is 26.4 Å². The van der Waals surface area contributed by atoms with Gasteiger partial charge in [0.2, 0.25) is 0 Å². The highest BCUT2D eigenvalue weighted by atomic mass is 16.6. The fourth-order valence-corrected chi connectivity index (χ4v) is 2.27. The van der Waals surface area contributed by atoms with Gasteiger partial charge in [0.05, 0.1) is 0 Å². The molecule has 1 fully saturated rings. The SMILES string of the molecule is CC(C)(C)OC(=O)N1CCN(C(=O)c2cccc(N)c2)CC1. The third kappa shape index (κ3) is 4.13. The Labute approximate surface area is 130 Å². The van der Waals surface area contributed by atoms with Crippen molar-refractivity contribution < 1.29 is 14.3 Å². The molecule has 6 heteroatoms. The van der Waals surface area contributed by atoms with Crippen molar-refractivity contribution in [3.8, 4) is 0 Å². The monoisotopic (exact) mass is 305 g/mol. The molecule has 0 aromatic heterocycles. The molecule has 1 aromatic carbocycles. The maximum Gasteiger partial charge on any atom is 0.410 e. The van der Waals surface area contributed by atoms with Crippen molar-refractivity contribution in [3.63, 3.8) is 0 Å². The number of rotatable bonds is 1. The zero-order chi connectivity index (χ0) is 16.3. The fraction of sp³-hybridized carbons (Fsp3) is 0.500. The number of hydrogen-bond donors (Lipinski definition) is 1. The van der Waals surface area contributed by atoms with Crippen LogP contribution in [0.25, 0.3) is 0 Å². The smallest absolute Gasteiger partial charge is 0.410 e. The molecule has 0 atom stereocenters. The van der Waals surface area contributed by atoms with Crippen molar-refractivity contribution in [3.05, 3.63) is 29.8 Å². The van der Waals surface area contributed by atoms with E-state index in [0.29, 0.717) is 37.4 Å². The molecule has 1 heterocycles. The van der Waals surface area contributed by atoms with E-state index in [-0.39, 0.29) is 12.0 Å². The number of nitrogens with zero attached hydrogens (tertiary/aromatic N) is 2. The number of carbonyl (C=O) groups excluding carboxylic acids is 2. The molecule has 2 amide bonds. The minimum absolute atomic E-state index is 0.0591. The maximum absolute atomic E-state index is 12.4. The van der Waals surface area contributed by atoms with Crippen molar-refractivity contribution in [1.29, 1.82) is 0 Å². The summed E-state index contributed by atoms with van der Waals surface area (Å²) in [5.74, 6) is -0.0591. The van der Waals surface area contributed by atoms with Gasteiger partial charge >= 0.3 is 6.09 Å². The molecule has 0 saturated carbocycles. The fourth-order valence-electron chi connectivity index (χ4n) is 2.27. The van der Waals surface area contributed by atoms with Gasteiger partial charge in [0.15, 0.2) is 0 Å². The normalized spacial score (nSPS) is 15.6. The lowest BCUT2D eigenvalue weighted by Crippen LogP contribution is -2.51. The zero-order valence-corrected chi connectivity index (χ0v) is 13.3. The molecule has 1 aliphatic rings. The van der Waals surface area contributed by atoms with Crippen LogP contribution in [0, 0.1) is 0 Å². The summed E-state index contributed by atoms with van der Waals surface area (Å²) in [7, 11) is 0. The predicted octanol–water partition coefficient (Wildman–Crippen LogP) is 1.96. The molecule has 0 bridgehead atoms. The summed E-state index contributed by atoms with van der Waals surface area (Å²) in [6, 6.07) is 6.93. The second-order valence-corrected chi connectivity index (χ2v) is 6.39. The highest BCUT2D eigenvalue weighted by Crippen LogP contribution is 2.14. The maximum atomic E-state index is 12.4. The Kier molecular flexibility index (Phi) is 4.59. The first-order valence-electron chi connectivity index (χ1n) is 7.39. The molecule has 1 saturated heterocycles. The third-order valence-electron chi connectivity index (χ3n) is 3.35. The Morgan fingerprint density at radius 2 is 1.68 bits per heavy atom. The lowest BCUT2D eigenvalue weighted by atomic mass is 10.1. The molecule has 6 nitrogen and oxygen atoms in total. The molecule has 22 heavy (non-hydrogen) atoms. The Balaban J connectivity index is 1.92. The quantitative estimate of drug-likeness (QED) is 0.805. The van der Waals surface area contributed by atoms with Crippen LogP contribution in [0.15, 0.2) is 24.3 Å². The highest BCUT2D eigenvalue weighted by molar-refractivity contribution is 5.95. The van der Waals surface area contributed by atoms with Crippen LogP contribution >= 0.6 is 0 Å². The van der Waals surface area contributed by atoms with E-state index in [2.05, 4.69) is 0 Å². The summed E-state index contributed by atoms with van der Waals surface area (Å²) in [6.45, 7) is 7.45. The largest absolute Gasteiger partial charge is 0.444 e. The number of benzene rings is 1. The van der Waals surface area contributed by atoms with E-state index in [4.69, 9.17) is 10.5 Å². The molecule has 0 unspecified atom stereocenters. The Bertz CT molecular complexity index is 558. The predicted molar refractivity (Wildman–Crippen MR) is 84.6 cm³/mol. The van der Waals surface area contributed by atoms with Crippen LogP contribution in [0.4, 0.5) is 10.5 Å². The van der Waals surface area contributed by atoms with Crippen molar-refractivity contribution in [1.82, 2.24) is 9.80 Å². The van der Waals surface area contributed by atoms with E-state index in [0.717, 1.165) is 0 Å². The number of amides is 2. The number of anilines is 1. The van der Waals surface area contributed by atoms with Crippen LogP contribution in [0.2, 0.25) is 0 Å². The van der Waals surface area contributed by atoms with Crippen LogP contribution < -0.4 is 5.73 Å². The van der Waals surface area contributed by atoms with Gasteiger partial charge in [0, 0.05) is 37.4 Å². The van der Waals surface area contributed by atoms with Gasteiger partial charge in [-0.15, -0.1) is 0 Å². The molecule has 2 N–H and O–H groups in total. The summed E-state index contributed by atoms with van der Waals surface area (Å²) in [5, 5.41) is 0. The van der Waals surface area contributed by atoms with E-state index in [1.165, 1.54) is 0 Å². The Morgan fingerprint density at radius 1 is 1.09 bits per heavy atom. The summed E-state index contributed by atoms with van der Waals surface area (Å²) >= 11 is 0. The van der Waals surface area contributed by atoms with Crippen LogP contribution in [0.1, 0.15) is 31.1 Å². The molecule has 0 radical (unpaired) electrons. The summed E-state index contributed by atoms with van der Waals surface area (Å²) < 4.78 is 5.34. The molecular formula is C16H23N3O3. The van der Waals surface area contributed by atoms with Gasteiger partial charge in [-0.3, -0.25) is 4.79 Å². The highest BCUT2D eigenvalue weighted by Gasteiger charge is 2.28. The van der Waals surface area contributed by atoms with Crippen LogP contribution in [0.5, 0.6) is 0 Å². The van der Waals surface area contributed by atoms with Crippen molar-refractivity contribution in [2.75, 3.05) is 31.9 Å². The van der Waals surface area contributed by atoms with Crippen LogP contribution in [0.3, 0.4) is 0 Å². The van der Waals surface area contributed by atoms with Crippen LogP contribution in [-0.4, -0.2) is 53.6 Å². The molecule has 2 rings (SSSR count). The summed E-state index contributed by atoms with van der Waals surface area (Å²) in [6.07, 6.45) is -0.330. The van der Waals surface area contributed by atoms with Gasteiger partial charge in [-0.1, -0.05) is 6.07 Å². The molecule has 1 aromatic rings. The van der Waals surface area contributed by atoms with Gasteiger partial charge in [-0.25, -0.2) is 4.79 Å². The van der Waals surface area contributed by atoms with E-state index in [1.54, 1.807) is 34.1 Å². The van der Waals surface area contributed by atoms with E-state index < -0.39 is 5.60 Å². The minimum atomic E-state index is -0.508. The Morgan fingerprint density at radius 3 is 2.23 bits per heavy atom. The average molecular weight is 305 g/mol. The molecule has 120 valence electrons. The molecule has 1 aliphatic heterocycles. The first-order chi connectivity index (χ1) is 10.3.